The lowest BCUT2D eigenvalue weighted by molar-refractivity contribution is -0.123. The number of amides is 3. The van der Waals surface area contributed by atoms with E-state index >= 15 is 0 Å². The first-order valence-corrected chi connectivity index (χ1v) is 11.0. The molecule has 29 heavy (non-hydrogen) atoms. The van der Waals surface area contributed by atoms with E-state index < -0.39 is 0 Å². The van der Waals surface area contributed by atoms with Crippen LogP contribution in [-0.2, 0) is 11.3 Å². The number of thioether (sulfide) groups is 1. The van der Waals surface area contributed by atoms with Gasteiger partial charge in [0.2, 0.25) is 5.01 Å². The Bertz CT molecular complexity index is 1100. The molecule has 2 aromatic heterocycles. The third-order valence-corrected chi connectivity index (χ3v) is 6.59. The summed E-state index contributed by atoms with van der Waals surface area (Å²) in [4.78, 5) is 39.5. The summed E-state index contributed by atoms with van der Waals surface area (Å²) in [5, 5.41) is 12.7. The number of carbonyl (C=O) groups excluding carboxylic acids is 3. The van der Waals surface area contributed by atoms with Crippen molar-refractivity contribution in [1.29, 1.82) is 0 Å². The normalized spacial score (nSPS) is 15.3. The van der Waals surface area contributed by atoms with Crippen molar-refractivity contribution in [3.8, 4) is 0 Å². The molecule has 4 rings (SSSR count). The maximum Gasteiger partial charge on any atom is 0.293 e. The number of aryl methyl sites for hydroxylation is 1. The zero-order valence-electron chi connectivity index (χ0n) is 15.1. The number of anilines is 1. The van der Waals surface area contributed by atoms with Gasteiger partial charge in [-0.3, -0.25) is 19.3 Å². The molecule has 146 valence electrons. The molecule has 0 saturated carbocycles. The molecule has 3 heterocycles. The van der Waals surface area contributed by atoms with Crippen LogP contribution < -0.4 is 5.32 Å². The van der Waals surface area contributed by atoms with Crippen LogP contribution >= 0.6 is 34.4 Å². The van der Waals surface area contributed by atoms with Crippen molar-refractivity contribution >= 4 is 63.3 Å². The predicted octanol–water partition coefficient (Wildman–Crippen LogP) is 4.40. The number of nitrogens with one attached hydrogen (secondary N) is 1. The fraction of sp³-hybridized carbons (Fsp3) is 0.105. The quantitative estimate of drug-likeness (QED) is 0.589. The van der Waals surface area contributed by atoms with E-state index in [0.717, 1.165) is 38.4 Å². The molecule has 1 aromatic carbocycles. The largest absolute Gasteiger partial charge is 0.320 e. The van der Waals surface area contributed by atoms with Crippen LogP contribution in [0.5, 0.6) is 0 Å². The average molecular weight is 443 g/mol. The van der Waals surface area contributed by atoms with Gasteiger partial charge in [-0.15, -0.1) is 21.5 Å². The highest BCUT2D eigenvalue weighted by molar-refractivity contribution is 8.18. The van der Waals surface area contributed by atoms with Gasteiger partial charge >= 0.3 is 0 Å². The van der Waals surface area contributed by atoms with Gasteiger partial charge in [0.1, 0.15) is 5.01 Å². The van der Waals surface area contributed by atoms with E-state index in [2.05, 4.69) is 15.5 Å². The molecule has 1 fully saturated rings. The smallest absolute Gasteiger partial charge is 0.293 e. The first kappa shape index (κ1) is 19.5. The summed E-state index contributed by atoms with van der Waals surface area (Å²) in [6.45, 7) is 1.95. The van der Waals surface area contributed by atoms with E-state index in [1.807, 2.05) is 36.6 Å². The van der Waals surface area contributed by atoms with Gasteiger partial charge in [-0.25, -0.2) is 0 Å². The molecular formula is C19H14N4O3S3. The topological polar surface area (TPSA) is 92.3 Å². The summed E-state index contributed by atoms with van der Waals surface area (Å²) in [6.07, 6.45) is 1.70. The predicted molar refractivity (Wildman–Crippen MR) is 115 cm³/mol. The Morgan fingerprint density at radius 1 is 1.17 bits per heavy atom. The number of thiophene rings is 1. The minimum Gasteiger partial charge on any atom is -0.320 e. The number of hydrogen-bond donors (Lipinski definition) is 1. The fourth-order valence-electron chi connectivity index (χ4n) is 2.50. The van der Waals surface area contributed by atoms with Crippen LogP contribution in [0.2, 0.25) is 0 Å². The Kier molecular flexibility index (Phi) is 5.56. The summed E-state index contributed by atoms with van der Waals surface area (Å²) in [5.41, 5.74) is 1.74. The van der Waals surface area contributed by atoms with Crippen LogP contribution in [0.25, 0.3) is 6.08 Å². The lowest BCUT2D eigenvalue weighted by Crippen LogP contribution is -2.27. The summed E-state index contributed by atoms with van der Waals surface area (Å²) in [6, 6.07) is 11.1. The number of benzene rings is 1. The molecule has 7 nitrogen and oxygen atoms in total. The van der Waals surface area contributed by atoms with Gasteiger partial charge in [0.25, 0.3) is 17.1 Å². The number of aromatic nitrogens is 2. The highest BCUT2D eigenvalue weighted by atomic mass is 32.2. The maximum atomic E-state index is 12.6. The summed E-state index contributed by atoms with van der Waals surface area (Å²) < 4.78 is 0. The van der Waals surface area contributed by atoms with E-state index in [1.54, 1.807) is 18.2 Å². The Labute approximate surface area is 178 Å². The molecule has 10 heteroatoms. The molecule has 0 unspecified atom stereocenters. The van der Waals surface area contributed by atoms with Crippen molar-refractivity contribution in [3.05, 3.63) is 67.1 Å². The molecule has 1 N–H and O–H groups in total. The minimum atomic E-state index is -0.385. The average Bonchev–Trinajstić information content (AvgIpc) is 3.43. The van der Waals surface area contributed by atoms with Crippen LogP contribution in [0.15, 0.2) is 46.7 Å². The van der Waals surface area contributed by atoms with Crippen molar-refractivity contribution in [2.75, 3.05) is 5.32 Å². The molecule has 0 aliphatic carbocycles. The molecule has 1 saturated heterocycles. The summed E-state index contributed by atoms with van der Waals surface area (Å²) >= 11 is 3.44. The number of carbonyl (C=O) groups is 3. The summed E-state index contributed by atoms with van der Waals surface area (Å²) in [7, 11) is 0. The van der Waals surface area contributed by atoms with Gasteiger partial charge in [0.15, 0.2) is 0 Å². The third kappa shape index (κ3) is 4.44. The molecule has 1 aliphatic heterocycles. The van der Waals surface area contributed by atoms with E-state index in [-0.39, 0.29) is 28.6 Å². The van der Waals surface area contributed by atoms with Gasteiger partial charge in [0, 0.05) is 10.6 Å². The number of rotatable bonds is 5. The summed E-state index contributed by atoms with van der Waals surface area (Å²) in [5.74, 6) is -0.751. The van der Waals surface area contributed by atoms with Crippen LogP contribution in [0.4, 0.5) is 10.5 Å². The van der Waals surface area contributed by atoms with Gasteiger partial charge in [-0.2, -0.15) is 0 Å². The fourth-order valence-corrected chi connectivity index (χ4v) is 4.79. The molecule has 0 atom stereocenters. The van der Waals surface area contributed by atoms with Gasteiger partial charge < -0.3 is 5.32 Å². The van der Waals surface area contributed by atoms with Gasteiger partial charge in [-0.1, -0.05) is 35.1 Å². The van der Waals surface area contributed by atoms with Crippen molar-refractivity contribution < 1.29 is 14.4 Å². The second-order valence-corrected chi connectivity index (χ2v) is 9.14. The van der Waals surface area contributed by atoms with Gasteiger partial charge in [0.05, 0.1) is 11.4 Å². The number of nitrogens with zero attached hydrogens (tertiary/aromatic N) is 3. The molecular weight excluding hydrogens is 428 g/mol. The molecule has 1 aliphatic rings. The second kappa shape index (κ2) is 8.27. The molecule has 0 bridgehead atoms. The number of imide groups is 1. The van der Waals surface area contributed by atoms with E-state index in [9.17, 15) is 14.4 Å². The van der Waals surface area contributed by atoms with Crippen LogP contribution in [0.1, 0.15) is 25.3 Å². The van der Waals surface area contributed by atoms with E-state index in [4.69, 9.17) is 0 Å². The highest BCUT2D eigenvalue weighted by Crippen LogP contribution is 2.34. The molecule has 0 radical (unpaired) electrons. The zero-order chi connectivity index (χ0) is 20.4. The molecule has 3 amide bonds. The minimum absolute atomic E-state index is 0.0120. The van der Waals surface area contributed by atoms with Crippen molar-refractivity contribution in [1.82, 2.24) is 15.1 Å². The van der Waals surface area contributed by atoms with E-state index in [0.29, 0.717) is 15.6 Å². The zero-order valence-corrected chi connectivity index (χ0v) is 17.6. The van der Waals surface area contributed by atoms with Crippen LogP contribution in [0.3, 0.4) is 0 Å². The Morgan fingerprint density at radius 2 is 1.97 bits per heavy atom. The second-order valence-electron chi connectivity index (χ2n) is 6.10. The Hall–Kier alpha value is -2.82. The van der Waals surface area contributed by atoms with Crippen LogP contribution in [-0.4, -0.2) is 32.2 Å². The Balaban J connectivity index is 1.43. The van der Waals surface area contributed by atoms with Gasteiger partial charge in [-0.05, 0) is 48.3 Å². The standard InChI is InChI=1S/C19H14N4O3S3/c1-11-4-6-12(7-5-11)20-16(24)17-22-21-15(29-17)10-23-18(25)14(28-19(23)26)9-13-3-2-8-27-13/h2-9H,10H2,1H3,(H,20,24)/b14-9-. The van der Waals surface area contributed by atoms with Crippen LogP contribution in [0, 0.1) is 6.92 Å². The lowest BCUT2D eigenvalue weighted by atomic mass is 10.2. The first-order valence-electron chi connectivity index (χ1n) is 8.49. The van der Waals surface area contributed by atoms with Crippen molar-refractivity contribution in [3.63, 3.8) is 0 Å². The lowest BCUT2D eigenvalue weighted by Gasteiger charge is -2.09. The Morgan fingerprint density at radius 3 is 2.69 bits per heavy atom. The van der Waals surface area contributed by atoms with E-state index in [1.165, 1.54) is 11.3 Å². The molecule has 0 spiro atoms. The monoisotopic (exact) mass is 442 g/mol. The van der Waals surface area contributed by atoms with Crippen molar-refractivity contribution in [2.24, 2.45) is 0 Å². The number of hydrogen-bond acceptors (Lipinski definition) is 8. The SMILES string of the molecule is Cc1ccc(NC(=O)c2nnc(CN3C(=O)S/C(=C\c4cccs4)C3=O)s2)cc1. The maximum absolute atomic E-state index is 12.6. The third-order valence-electron chi connectivity index (χ3n) is 3.95. The molecule has 3 aromatic rings. The first-order chi connectivity index (χ1) is 14.0. The highest BCUT2D eigenvalue weighted by Gasteiger charge is 2.36. The van der Waals surface area contributed by atoms with Crippen molar-refractivity contribution in [2.45, 2.75) is 13.5 Å².